The van der Waals surface area contributed by atoms with Crippen molar-refractivity contribution in [3.63, 3.8) is 0 Å². The summed E-state index contributed by atoms with van der Waals surface area (Å²) in [5.41, 5.74) is 0.779. The number of thiophene rings is 1. The molecule has 0 spiro atoms. The van der Waals surface area contributed by atoms with E-state index in [4.69, 9.17) is 9.47 Å². The molecule has 1 N–H and O–H groups in total. The summed E-state index contributed by atoms with van der Waals surface area (Å²) < 4.78 is 10.4. The van der Waals surface area contributed by atoms with Crippen LogP contribution in [-0.4, -0.2) is 31.6 Å². The third-order valence-electron chi connectivity index (χ3n) is 3.24. The van der Waals surface area contributed by atoms with Gasteiger partial charge in [-0.3, -0.25) is 4.79 Å². The van der Waals surface area contributed by atoms with E-state index in [1.54, 1.807) is 17.4 Å². The average molecular weight is 359 g/mol. The maximum absolute atomic E-state index is 11.7. The number of carbonyl (C=O) groups is 2. The maximum atomic E-state index is 11.7. The summed E-state index contributed by atoms with van der Waals surface area (Å²) in [7, 11) is 0. The van der Waals surface area contributed by atoms with E-state index in [-0.39, 0.29) is 12.5 Å². The van der Waals surface area contributed by atoms with E-state index in [2.05, 4.69) is 5.32 Å². The molecule has 0 aliphatic rings. The second kappa shape index (κ2) is 10.3. The highest BCUT2D eigenvalue weighted by Gasteiger charge is 2.05. The Kier molecular flexibility index (Phi) is 7.72. The topological polar surface area (TPSA) is 64.6 Å². The van der Waals surface area contributed by atoms with Gasteiger partial charge in [0.25, 0.3) is 5.91 Å². The molecule has 0 saturated heterocycles. The van der Waals surface area contributed by atoms with E-state index in [1.165, 1.54) is 11.0 Å². The number of para-hydroxylation sites is 1. The summed E-state index contributed by atoms with van der Waals surface area (Å²) in [6, 6.07) is 11.4. The van der Waals surface area contributed by atoms with Crippen molar-refractivity contribution >= 4 is 29.3 Å². The van der Waals surface area contributed by atoms with Crippen LogP contribution < -0.4 is 10.1 Å². The van der Waals surface area contributed by atoms with Crippen molar-refractivity contribution in [1.29, 1.82) is 0 Å². The van der Waals surface area contributed by atoms with Crippen LogP contribution in [0.4, 0.5) is 0 Å². The highest BCUT2D eigenvalue weighted by molar-refractivity contribution is 7.09. The number of carbonyl (C=O) groups excluding carboxylic acids is 2. The van der Waals surface area contributed by atoms with Gasteiger partial charge in [0, 0.05) is 23.1 Å². The molecular weight excluding hydrogens is 338 g/mol. The summed E-state index contributed by atoms with van der Waals surface area (Å²) in [4.78, 5) is 24.6. The Balaban J connectivity index is 1.72. The monoisotopic (exact) mass is 359 g/mol. The Morgan fingerprint density at radius 2 is 2.04 bits per heavy atom. The number of amides is 1. The Labute approximate surface area is 151 Å². The lowest BCUT2D eigenvalue weighted by molar-refractivity contribution is -0.143. The largest absolute Gasteiger partial charge is 0.493 e. The summed E-state index contributed by atoms with van der Waals surface area (Å²) in [6.45, 7) is 2.67. The summed E-state index contributed by atoms with van der Waals surface area (Å²) in [6.07, 6.45) is 3.67. The molecule has 0 saturated carbocycles. The van der Waals surface area contributed by atoms with E-state index in [0.29, 0.717) is 18.9 Å². The molecule has 1 heterocycles. The third-order valence-corrected chi connectivity index (χ3v) is 4.17. The fourth-order valence-corrected chi connectivity index (χ4v) is 2.79. The van der Waals surface area contributed by atoms with Crippen molar-refractivity contribution in [3.05, 3.63) is 58.3 Å². The molecule has 132 valence electrons. The molecule has 1 aromatic heterocycles. The summed E-state index contributed by atoms with van der Waals surface area (Å²) in [5.74, 6) is -0.187. The first-order chi connectivity index (χ1) is 12.2. The maximum Gasteiger partial charge on any atom is 0.331 e. The normalized spacial score (nSPS) is 10.6. The van der Waals surface area contributed by atoms with Gasteiger partial charge in [0.05, 0.1) is 6.61 Å². The molecule has 5 nitrogen and oxygen atoms in total. The van der Waals surface area contributed by atoms with E-state index >= 15 is 0 Å². The van der Waals surface area contributed by atoms with Crippen LogP contribution in [0.3, 0.4) is 0 Å². The Morgan fingerprint density at radius 1 is 1.20 bits per heavy atom. The number of hydrogen-bond donors (Lipinski definition) is 1. The Morgan fingerprint density at radius 3 is 2.80 bits per heavy atom. The van der Waals surface area contributed by atoms with Crippen LogP contribution in [0.25, 0.3) is 6.08 Å². The highest BCUT2D eigenvalue weighted by Crippen LogP contribution is 2.19. The Bertz CT molecular complexity index is 710. The predicted molar refractivity (Wildman–Crippen MR) is 98.6 cm³/mol. The van der Waals surface area contributed by atoms with Crippen LogP contribution in [0.5, 0.6) is 5.75 Å². The zero-order valence-electron chi connectivity index (χ0n) is 14.1. The van der Waals surface area contributed by atoms with Gasteiger partial charge in [-0.1, -0.05) is 24.3 Å². The molecule has 2 aromatic rings. The van der Waals surface area contributed by atoms with Gasteiger partial charge in [-0.25, -0.2) is 4.79 Å². The van der Waals surface area contributed by atoms with Gasteiger partial charge in [0.1, 0.15) is 5.75 Å². The number of rotatable bonds is 9. The second-order valence-electron chi connectivity index (χ2n) is 5.09. The Hall–Kier alpha value is -2.60. The van der Waals surface area contributed by atoms with Gasteiger partial charge >= 0.3 is 5.97 Å². The van der Waals surface area contributed by atoms with Crippen molar-refractivity contribution in [2.75, 3.05) is 19.8 Å². The van der Waals surface area contributed by atoms with Gasteiger partial charge in [-0.15, -0.1) is 11.3 Å². The van der Waals surface area contributed by atoms with Crippen LogP contribution in [-0.2, 0) is 20.7 Å². The third kappa shape index (κ3) is 6.81. The van der Waals surface area contributed by atoms with Gasteiger partial charge in [-0.2, -0.15) is 0 Å². The standard InChI is InChI=1S/C19H21NO4S/c1-2-23-17-8-4-3-6-15(17)9-10-19(22)24-14-18(21)20-12-11-16-7-5-13-25-16/h3-10,13H,2,11-12,14H2,1H3,(H,20,21)/b10-9+. The molecule has 0 unspecified atom stereocenters. The lowest BCUT2D eigenvalue weighted by Crippen LogP contribution is -2.30. The number of esters is 1. The number of hydrogen-bond acceptors (Lipinski definition) is 5. The van der Waals surface area contributed by atoms with Gasteiger partial charge < -0.3 is 14.8 Å². The average Bonchev–Trinajstić information content (AvgIpc) is 3.13. The molecule has 0 bridgehead atoms. The zero-order chi connectivity index (χ0) is 17.9. The number of nitrogens with one attached hydrogen (secondary N) is 1. The molecule has 0 aliphatic heterocycles. The summed E-state index contributed by atoms with van der Waals surface area (Å²) in [5, 5.41) is 4.72. The van der Waals surface area contributed by atoms with Crippen molar-refractivity contribution in [3.8, 4) is 5.75 Å². The zero-order valence-corrected chi connectivity index (χ0v) is 14.9. The molecule has 0 radical (unpaired) electrons. The fraction of sp³-hybridized carbons (Fsp3) is 0.263. The highest BCUT2D eigenvalue weighted by atomic mass is 32.1. The molecule has 6 heteroatoms. The van der Waals surface area contributed by atoms with Crippen molar-refractivity contribution in [2.24, 2.45) is 0 Å². The van der Waals surface area contributed by atoms with Gasteiger partial charge in [0.15, 0.2) is 6.61 Å². The first-order valence-electron chi connectivity index (χ1n) is 8.04. The van der Waals surface area contributed by atoms with Crippen LogP contribution in [0, 0.1) is 0 Å². The van der Waals surface area contributed by atoms with Crippen molar-refractivity contribution in [1.82, 2.24) is 5.32 Å². The summed E-state index contributed by atoms with van der Waals surface area (Å²) >= 11 is 1.65. The fourth-order valence-electron chi connectivity index (χ4n) is 2.08. The molecule has 1 aromatic carbocycles. The van der Waals surface area contributed by atoms with Crippen LogP contribution >= 0.6 is 11.3 Å². The lowest BCUT2D eigenvalue weighted by Gasteiger charge is -2.06. The smallest absolute Gasteiger partial charge is 0.331 e. The van der Waals surface area contributed by atoms with E-state index in [0.717, 1.165) is 12.0 Å². The van der Waals surface area contributed by atoms with Gasteiger partial charge in [-0.05, 0) is 36.9 Å². The van der Waals surface area contributed by atoms with Crippen molar-refractivity contribution < 1.29 is 19.1 Å². The van der Waals surface area contributed by atoms with E-state index in [1.807, 2.05) is 48.7 Å². The first-order valence-corrected chi connectivity index (χ1v) is 8.92. The number of benzene rings is 1. The lowest BCUT2D eigenvalue weighted by atomic mass is 10.2. The molecule has 0 fully saturated rings. The molecule has 1 amide bonds. The van der Waals surface area contributed by atoms with E-state index in [9.17, 15) is 9.59 Å². The van der Waals surface area contributed by atoms with Crippen LogP contribution in [0.1, 0.15) is 17.4 Å². The van der Waals surface area contributed by atoms with Crippen LogP contribution in [0.15, 0.2) is 47.9 Å². The first kappa shape index (κ1) is 18.7. The minimum absolute atomic E-state index is 0.291. The molecule has 0 atom stereocenters. The molecule has 25 heavy (non-hydrogen) atoms. The molecular formula is C19H21NO4S. The van der Waals surface area contributed by atoms with Gasteiger partial charge in [0.2, 0.25) is 0 Å². The quantitative estimate of drug-likeness (QED) is 0.552. The minimum atomic E-state index is -0.570. The van der Waals surface area contributed by atoms with E-state index < -0.39 is 5.97 Å². The molecule has 0 aliphatic carbocycles. The predicted octanol–water partition coefficient (Wildman–Crippen LogP) is 3.06. The minimum Gasteiger partial charge on any atom is -0.493 e. The van der Waals surface area contributed by atoms with Crippen molar-refractivity contribution in [2.45, 2.75) is 13.3 Å². The second-order valence-corrected chi connectivity index (χ2v) is 6.12. The SMILES string of the molecule is CCOc1ccccc1/C=C/C(=O)OCC(=O)NCCc1cccs1. The molecule has 2 rings (SSSR count). The van der Waals surface area contributed by atoms with Crippen LogP contribution in [0.2, 0.25) is 0 Å². The number of ether oxygens (including phenoxy) is 2.